The lowest BCUT2D eigenvalue weighted by atomic mass is 10.2. The van der Waals surface area contributed by atoms with Gasteiger partial charge in [0.25, 0.3) is 0 Å². The van der Waals surface area contributed by atoms with Crippen LogP contribution in [0.4, 0.5) is 0 Å². The molecule has 0 aliphatic heterocycles. The number of hydrogen-bond donors (Lipinski definition) is 0. The van der Waals surface area contributed by atoms with Gasteiger partial charge in [-0.25, -0.2) is 0 Å². The minimum absolute atomic E-state index is 0.328. The van der Waals surface area contributed by atoms with Crippen molar-refractivity contribution in [2.24, 2.45) is 0 Å². The maximum Gasteiger partial charge on any atom is 0.230 e. The number of benzene rings is 3. The van der Waals surface area contributed by atoms with Gasteiger partial charge >= 0.3 is 0 Å². The first kappa shape index (κ1) is 19.8. The van der Waals surface area contributed by atoms with Gasteiger partial charge in [0, 0.05) is 16.2 Å². The lowest BCUT2D eigenvalue weighted by Crippen LogP contribution is -2.22. The number of carbonyl (C=O) groups excluding carboxylic acids is 1. The molecule has 3 nitrogen and oxygen atoms in total. The van der Waals surface area contributed by atoms with E-state index in [2.05, 4.69) is 0 Å². The second kappa shape index (κ2) is 9.28. The van der Waals surface area contributed by atoms with Gasteiger partial charge in [0.2, 0.25) is 12.7 Å². The monoisotopic (exact) mass is 365 g/mol. The van der Waals surface area contributed by atoms with Crippen LogP contribution in [0.2, 0.25) is 0 Å². The van der Waals surface area contributed by atoms with Crippen molar-refractivity contribution >= 4 is 23.3 Å². The summed E-state index contributed by atoms with van der Waals surface area (Å²) in [6.07, 6.45) is 0. The molecule has 0 heterocycles. The number of carbonyl (C=O) groups is 1. The molecule has 0 bridgehead atoms. The van der Waals surface area contributed by atoms with E-state index in [0.717, 1.165) is 0 Å². The Morgan fingerprint density at radius 1 is 0.654 bits per heavy atom. The van der Waals surface area contributed by atoms with Crippen LogP contribution in [-0.2, 0) is 4.57 Å². The highest BCUT2D eigenvalue weighted by Gasteiger charge is 2.36. The lowest BCUT2D eigenvalue weighted by Gasteiger charge is -2.18. The van der Waals surface area contributed by atoms with E-state index in [9.17, 15) is 9.36 Å². The zero-order valence-corrected chi connectivity index (χ0v) is 16.3. The van der Waals surface area contributed by atoms with E-state index < -0.39 is 7.14 Å². The van der Waals surface area contributed by atoms with Gasteiger partial charge in [-0.05, 0) is 21.1 Å². The van der Waals surface area contributed by atoms with Gasteiger partial charge < -0.3 is 9.46 Å². The molecule has 0 spiro atoms. The van der Waals surface area contributed by atoms with Crippen LogP contribution in [0.1, 0.15) is 10.4 Å². The zero-order chi connectivity index (χ0) is 19.0. The van der Waals surface area contributed by atoms with E-state index in [-0.39, 0.29) is 5.52 Å². The highest BCUT2D eigenvalue weighted by atomic mass is 31.2. The molecule has 0 saturated heterocycles. The van der Waals surface area contributed by atoms with Gasteiger partial charge in [0.05, 0.1) is 0 Å². The number of hydrogen-bond acceptors (Lipinski definition) is 3. The Bertz CT molecular complexity index is 816. The summed E-state index contributed by atoms with van der Waals surface area (Å²) in [4.78, 5) is 15.0. The normalized spacial score (nSPS) is 10.8. The maximum atomic E-state index is 13.8. The van der Waals surface area contributed by atoms with Gasteiger partial charge in [0.1, 0.15) is 0 Å². The Kier molecular flexibility index (Phi) is 7.08. The Morgan fingerprint density at radius 3 is 1.31 bits per heavy atom. The molecular weight excluding hydrogens is 341 g/mol. The average Bonchev–Trinajstić information content (AvgIpc) is 2.68. The summed E-state index contributed by atoms with van der Waals surface area (Å²) in [6.45, 7) is 0. The molecule has 3 aromatic rings. The molecule has 134 valence electrons. The third-order valence-electron chi connectivity index (χ3n) is 3.55. The predicted octanol–water partition coefficient (Wildman–Crippen LogP) is 4.02. The third kappa shape index (κ3) is 4.78. The van der Waals surface area contributed by atoms with Crippen LogP contribution in [0, 0.1) is 0 Å². The summed E-state index contributed by atoms with van der Waals surface area (Å²) in [5.41, 5.74) is 0.143. The van der Waals surface area contributed by atoms with Gasteiger partial charge in [-0.2, -0.15) is 0 Å². The zero-order valence-electron chi connectivity index (χ0n) is 15.4. The smallest absolute Gasteiger partial charge is 0.230 e. The summed E-state index contributed by atoms with van der Waals surface area (Å²) in [6, 6.07) is 26.8. The van der Waals surface area contributed by atoms with Crippen LogP contribution in [0.25, 0.3) is 0 Å². The predicted molar refractivity (Wildman–Crippen MR) is 110 cm³/mol. The molecule has 0 fully saturated rings. The first-order valence-electron chi connectivity index (χ1n) is 8.38. The van der Waals surface area contributed by atoms with Crippen molar-refractivity contribution in [3.63, 3.8) is 0 Å². The van der Waals surface area contributed by atoms with Gasteiger partial charge in [-0.15, -0.1) is 0 Å². The number of nitrogens with zero attached hydrogens (tertiary/aromatic N) is 1. The first-order valence-corrected chi connectivity index (χ1v) is 10.1. The topological polar surface area (TPSA) is 37.4 Å². The van der Waals surface area contributed by atoms with E-state index in [1.54, 1.807) is 48.5 Å². The summed E-state index contributed by atoms with van der Waals surface area (Å²) in [7, 11) is 2.62. The van der Waals surface area contributed by atoms with Crippen molar-refractivity contribution in [2.45, 2.75) is 0 Å². The first-order chi connectivity index (χ1) is 12.5. The van der Waals surface area contributed by atoms with Crippen molar-refractivity contribution in [3.05, 3.63) is 96.6 Å². The second-order valence-electron chi connectivity index (χ2n) is 6.29. The fourth-order valence-electron chi connectivity index (χ4n) is 2.42. The molecule has 0 amide bonds. The second-order valence-corrected chi connectivity index (χ2v) is 8.95. The largest absolute Gasteiger partial charge is 0.312 e. The molecule has 0 saturated carbocycles. The van der Waals surface area contributed by atoms with Crippen molar-refractivity contribution in [1.29, 1.82) is 0 Å². The van der Waals surface area contributed by atoms with Crippen LogP contribution < -0.4 is 10.6 Å². The molecule has 3 aromatic carbocycles. The molecule has 0 atom stereocenters. The highest BCUT2D eigenvalue weighted by Crippen LogP contribution is 2.46. The molecule has 0 N–H and O–H groups in total. The van der Waals surface area contributed by atoms with Crippen LogP contribution in [0.15, 0.2) is 91.0 Å². The van der Waals surface area contributed by atoms with Crippen LogP contribution >= 0.6 is 7.14 Å². The van der Waals surface area contributed by atoms with Crippen LogP contribution in [-0.4, -0.2) is 31.6 Å². The van der Waals surface area contributed by atoms with Crippen LogP contribution in [0.5, 0.6) is 0 Å². The lowest BCUT2D eigenvalue weighted by molar-refractivity contribution is 0.107. The summed E-state index contributed by atoms with van der Waals surface area (Å²) < 4.78 is 13.8. The van der Waals surface area contributed by atoms with Crippen molar-refractivity contribution in [3.8, 4) is 0 Å². The summed E-state index contributed by atoms with van der Waals surface area (Å²) >= 11 is 0. The molecule has 0 aromatic heterocycles. The molecule has 3 rings (SSSR count). The van der Waals surface area contributed by atoms with E-state index in [1.165, 1.54) is 0 Å². The van der Waals surface area contributed by atoms with E-state index >= 15 is 0 Å². The molecule has 0 aliphatic carbocycles. The molecule has 0 aliphatic rings. The average molecular weight is 365 g/mol. The van der Waals surface area contributed by atoms with Crippen molar-refractivity contribution in [1.82, 2.24) is 4.90 Å². The van der Waals surface area contributed by atoms with Crippen LogP contribution in [0.3, 0.4) is 0 Å². The van der Waals surface area contributed by atoms with Crippen molar-refractivity contribution in [2.75, 3.05) is 21.1 Å². The molecule has 4 heteroatoms. The minimum Gasteiger partial charge on any atom is -0.312 e. The fraction of sp³-hybridized carbons (Fsp3) is 0.136. The summed E-state index contributed by atoms with van der Waals surface area (Å²) in [5, 5.41) is 1.13. The number of rotatable bonds is 4. The molecule has 0 radical (unpaired) electrons. The van der Waals surface area contributed by atoms with E-state index in [4.69, 9.17) is 0 Å². The Labute approximate surface area is 155 Å². The highest BCUT2D eigenvalue weighted by molar-refractivity contribution is 7.93. The Morgan fingerprint density at radius 2 is 0.962 bits per heavy atom. The van der Waals surface area contributed by atoms with E-state index in [0.29, 0.717) is 16.2 Å². The minimum atomic E-state index is -3.38. The summed E-state index contributed by atoms with van der Waals surface area (Å²) in [5.74, 6) is 0. The Hall–Kier alpha value is -2.48. The maximum absolute atomic E-state index is 13.8. The quantitative estimate of drug-likeness (QED) is 0.656. The molecule has 0 unspecified atom stereocenters. The Balaban J connectivity index is 0.000000552. The van der Waals surface area contributed by atoms with Gasteiger partial charge in [0.15, 0.2) is 0 Å². The van der Waals surface area contributed by atoms with Gasteiger partial charge in [-0.1, -0.05) is 91.0 Å². The standard InChI is InChI=1S/C19H15O2P.C3H9N/c20-19(16-10-4-1-5-11-16)22(21,17-12-6-2-7-13-17)18-14-8-3-9-15-18;1-4(2)3/h1-15H;1-3H3. The van der Waals surface area contributed by atoms with Crippen molar-refractivity contribution < 1.29 is 9.36 Å². The van der Waals surface area contributed by atoms with Gasteiger partial charge in [-0.3, -0.25) is 4.79 Å². The fourth-order valence-corrected chi connectivity index (χ4v) is 4.89. The third-order valence-corrected chi connectivity index (χ3v) is 6.43. The van der Waals surface area contributed by atoms with E-state index in [1.807, 2.05) is 68.5 Å². The SMILES string of the molecule is CN(C)C.O=C(c1ccccc1)P(=O)(c1ccccc1)c1ccccc1. The molecule has 26 heavy (non-hydrogen) atoms. The molecular formula is C22H24NO2P.